The van der Waals surface area contributed by atoms with Crippen LogP contribution in [0, 0.1) is 5.82 Å². The molecule has 5 rings (SSSR count). The van der Waals surface area contributed by atoms with E-state index in [0.29, 0.717) is 33.9 Å². The number of hydrogen-bond acceptors (Lipinski definition) is 6. The standard InChI is InChI=1S/C21H19FN6O/c22-16-10-13(6-7-17(16)29-15-4-2-1-3-5-15)19-18-20(23)25-12-26-21(18)28(27-19)14-8-9-24-11-14/h1-7,10,12,14,24H,8-9,11H2,(H2,23,25,26). The topological polar surface area (TPSA) is 90.9 Å². The molecule has 1 atom stereocenters. The van der Waals surface area contributed by atoms with E-state index >= 15 is 0 Å². The Bertz CT molecular complexity index is 1170. The molecular weight excluding hydrogens is 371 g/mol. The molecule has 1 saturated heterocycles. The third-order valence-corrected chi connectivity index (χ3v) is 5.07. The van der Waals surface area contributed by atoms with Crippen molar-refractivity contribution in [3.63, 3.8) is 0 Å². The SMILES string of the molecule is Nc1ncnc2c1c(-c1ccc(Oc3ccccc3)c(F)c1)nn2C1CCNC1. The molecule has 2 aromatic carbocycles. The minimum atomic E-state index is -0.480. The summed E-state index contributed by atoms with van der Waals surface area (Å²) < 4.78 is 22.3. The van der Waals surface area contributed by atoms with Crippen molar-refractivity contribution in [1.82, 2.24) is 25.1 Å². The fourth-order valence-electron chi connectivity index (χ4n) is 3.65. The highest BCUT2D eigenvalue weighted by Gasteiger charge is 2.24. The highest BCUT2D eigenvalue weighted by molar-refractivity contribution is 5.98. The second kappa shape index (κ2) is 7.14. The first-order chi connectivity index (χ1) is 14.2. The van der Waals surface area contributed by atoms with E-state index in [2.05, 4.69) is 15.3 Å². The number of anilines is 1. The Morgan fingerprint density at radius 1 is 1.14 bits per heavy atom. The summed E-state index contributed by atoms with van der Waals surface area (Å²) in [5, 5.41) is 8.71. The van der Waals surface area contributed by atoms with Gasteiger partial charge in [0.1, 0.15) is 23.6 Å². The van der Waals surface area contributed by atoms with Crippen LogP contribution in [-0.2, 0) is 0 Å². The summed E-state index contributed by atoms with van der Waals surface area (Å²) in [6, 6.07) is 14.0. The van der Waals surface area contributed by atoms with E-state index in [1.807, 2.05) is 22.9 Å². The van der Waals surface area contributed by atoms with Gasteiger partial charge < -0.3 is 15.8 Å². The zero-order chi connectivity index (χ0) is 19.8. The molecule has 1 unspecified atom stereocenters. The van der Waals surface area contributed by atoms with Gasteiger partial charge in [0.25, 0.3) is 0 Å². The number of rotatable bonds is 4. The molecule has 0 saturated carbocycles. The summed E-state index contributed by atoms with van der Waals surface area (Å²) in [5.41, 5.74) is 7.96. The van der Waals surface area contributed by atoms with Gasteiger partial charge in [0, 0.05) is 12.1 Å². The molecule has 8 heteroatoms. The van der Waals surface area contributed by atoms with Crippen LogP contribution in [0.15, 0.2) is 54.9 Å². The van der Waals surface area contributed by atoms with Gasteiger partial charge in [-0.05, 0) is 43.3 Å². The molecule has 1 fully saturated rings. The third kappa shape index (κ3) is 3.17. The number of para-hydroxylation sites is 1. The number of nitrogens with zero attached hydrogens (tertiary/aromatic N) is 4. The summed E-state index contributed by atoms with van der Waals surface area (Å²) in [6.07, 6.45) is 2.37. The second-order valence-electron chi connectivity index (χ2n) is 6.96. The Morgan fingerprint density at radius 2 is 2.00 bits per heavy atom. The van der Waals surface area contributed by atoms with Crippen molar-refractivity contribution in [2.45, 2.75) is 12.5 Å². The van der Waals surface area contributed by atoms with Crippen molar-refractivity contribution in [2.75, 3.05) is 18.8 Å². The van der Waals surface area contributed by atoms with Gasteiger partial charge in [0.15, 0.2) is 17.2 Å². The highest BCUT2D eigenvalue weighted by atomic mass is 19.1. The van der Waals surface area contributed by atoms with Crippen LogP contribution < -0.4 is 15.8 Å². The van der Waals surface area contributed by atoms with E-state index < -0.39 is 5.82 Å². The molecule has 0 bridgehead atoms. The monoisotopic (exact) mass is 390 g/mol. The fraction of sp³-hybridized carbons (Fsp3) is 0.190. The Labute approximate surface area is 166 Å². The lowest BCUT2D eigenvalue weighted by Crippen LogP contribution is -2.15. The van der Waals surface area contributed by atoms with E-state index in [-0.39, 0.29) is 11.8 Å². The van der Waals surface area contributed by atoms with E-state index in [1.165, 1.54) is 12.4 Å². The highest BCUT2D eigenvalue weighted by Crippen LogP contribution is 2.35. The molecule has 4 aromatic rings. The number of halogens is 1. The minimum Gasteiger partial charge on any atom is -0.454 e. The van der Waals surface area contributed by atoms with Gasteiger partial charge >= 0.3 is 0 Å². The van der Waals surface area contributed by atoms with Gasteiger partial charge in [-0.15, -0.1) is 0 Å². The van der Waals surface area contributed by atoms with Gasteiger partial charge in [0.05, 0.1) is 11.4 Å². The molecule has 0 spiro atoms. The molecule has 3 N–H and O–H groups in total. The average molecular weight is 390 g/mol. The number of aromatic nitrogens is 4. The van der Waals surface area contributed by atoms with Crippen molar-refractivity contribution in [3.05, 3.63) is 60.7 Å². The van der Waals surface area contributed by atoms with Crippen molar-refractivity contribution >= 4 is 16.9 Å². The first-order valence-corrected chi connectivity index (χ1v) is 9.43. The molecule has 1 aliphatic rings. The summed E-state index contributed by atoms with van der Waals surface area (Å²) in [7, 11) is 0. The summed E-state index contributed by atoms with van der Waals surface area (Å²) >= 11 is 0. The molecule has 2 aromatic heterocycles. The second-order valence-corrected chi connectivity index (χ2v) is 6.96. The Balaban J connectivity index is 1.58. The normalized spacial score (nSPS) is 16.4. The van der Waals surface area contributed by atoms with E-state index in [9.17, 15) is 4.39 Å². The Kier molecular flexibility index (Phi) is 4.33. The van der Waals surface area contributed by atoms with Crippen LogP contribution in [0.5, 0.6) is 11.5 Å². The lowest BCUT2D eigenvalue weighted by molar-refractivity contribution is 0.442. The van der Waals surface area contributed by atoms with E-state index in [1.54, 1.807) is 24.3 Å². The number of fused-ring (bicyclic) bond motifs is 1. The van der Waals surface area contributed by atoms with Crippen LogP contribution in [0.1, 0.15) is 12.5 Å². The lowest BCUT2D eigenvalue weighted by Gasteiger charge is -2.09. The van der Waals surface area contributed by atoms with Gasteiger partial charge in [-0.25, -0.2) is 19.0 Å². The number of nitrogens with one attached hydrogen (secondary N) is 1. The zero-order valence-corrected chi connectivity index (χ0v) is 15.5. The molecular formula is C21H19FN6O. The zero-order valence-electron chi connectivity index (χ0n) is 15.5. The first-order valence-electron chi connectivity index (χ1n) is 9.43. The molecule has 3 heterocycles. The van der Waals surface area contributed by atoms with E-state index in [4.69, 9.17) is 15.6 Å². The number of hydrogen-bond donors (Lipinski definition) is 2. The van der Waals surface area contributed by atoms with Crippen molar-refractivity contribution in [2.24, 2.45) is 0 Å². The molecule has 0 amide bonds. The predicted octanol–water partition coefficient (Wildman–Crippen LogP) is 3.54. The molecule has 0 radical (unpaired) electrons. The average Bonchev–Trinajstić information content (AvgIpc) is 3.39. The van der Waals surface area contributed by atoms with Crippen LogP contribution in [0.2, 0.25) is 0 Å². The number of nitrogen functional groups attached to an aromatic ring is 1. The van der Waals surface area contributed by atoms with Crippen LogP contribution >= 0.6 is 0 Å². The van der Waals surface area contributed by atoms with Crippen molar-refractivity contribution in [3.8, 4) is 22.8 Å². The van der Waals surface area contributed by atoms with Gasteiger partial charge in [-0.1, -0.05) is 18.2 Å². The predicted molar refractivity (Wildman–Crippen MR) is 108 cm³/mol. The van der Waals surface area contributed by atoms with Crippen LogP contribution in [0.3, 0.4) is 0 Å². The summed E-state index contributed by atoms with van der Waals surface area (Å²) in [6.45, 7) is 1.72. The smallest absolute Gasteiger partial charge is 0.166 e. The minimum absolute atomic E-state index is 0.146. The number of benzene rings is 2. The van der Waals surface area contributed by atoms with Crippen molar-refractivity contribution in [1.29, 1.82) is 0 Å². The third-order valence-electron chi connectivity index (χ3n) is 5.07. The Morgan fingerprint density at radius 3 is 2.76 bits per heavy atom. The van der Waals surface area contributed by atoms with Gasteiger partial charge in [0.2, 0.25) is 0 Å². The molecule has 7 nitrogen and oxygen atoms in total. The lowest BCUT2D eigenvalue weighted by atomic mass is 10.1. The molecule has 29 heavy (non-hydrogen) atoms. The van der Waals surface area contributed by atoms with Crippen LogP contribution in [-0.4, -0.2) is 32.8 Å². The van der Waals surface area contributed by atoms with Crippen LogP contribution in [0.25, 0.3) is 22.3 Å². The maximum atomic E-state index is 14.8. The number of ether oxygens (including phenoxy) is 1. The quantitative estimate of drug-likeness (QED) is 0.554. The van der Waals surface area contributed by atoms with Gasteiger partial charge in [-0.2, -0.15) is 5.10 Å². The van der Waals surface area contributed by atoms with Crippen LogP contribution in [0.4, 0.5) is 10.2 Å². The van der Waals surface area contributed by atoms with E-state index in [0.717, 1.165) is 19.5 Å². The van der Waals surface area contributed by atoms with Crippen molar-refractivity contribution < 1.29 is 9.13 Å². The summed E-state index contributed by atoms with van der Waals surface area (Å²) in [5.74, 6) is 0.562. The Hall–Kier alpha value is -3.52. The molecule has 146 valence electrons. The maximum absolute atomic E-state index is 14.8. The maximum Gasteiger partial charge on any atom is 0.166 e. The first kappa shape index (κ1) is 17.6. The summed E-state index contributed by atoms with van der Waals surface area (Å²) in [4.78, 5) is 8.50. The molecule has 0 aliphatic carbocycles. The largest absolute Gasteiger partial charge is 0.454 e. The fourth-order valence-corrected chi connectivity index (χ4v) is 3.65. The molecule has 1 aliphatic heterocycles. The number of nitrogens with two attached hydrogens (primary N) is 1. The van der Waals surface area contributed by atoms with Gasteiger partial charge in [-0.3, -0.25) is 0 Å².